The predicted molar refractivity (Wildman–Crippen MR) is 93.7 cm³/mol. The van der Waals surface area contributed by atoms with E-state index in [1.807, 2.05) is 19.1 Å². The van der Waals surface area contributed by atoms with Crippen LogP contribution in [0, 0.1) is 5.92 Å². The highest BCUT2D eigenvalue weighted by Gasteiger charge is 2.08. The topological polar surface area (TPSA) is 78.8 Å². The van der Waals surface area contributed by atoms with Crippen molar-refractivity contribution in [3.05, 3.63) is 23.9 Å². The molecular formula is C17H30N4O2. The number of aliphatic hydroxyl groups is 1. The maximum absolute atomic E-state index is 9.14. The SMILES string of the molecule is CCCC(CCO)CNC(=NCc1ccc(OC)nc1)NCC. The Morgan fingerprint density at radius 2 is 2.13 bits per heavy atom. The molecule has 0 aromatic carbocycles. The summed E-state index contributed by atoms with van der Waals surface area (Å²) >= 11 is 0. The minimum atomic E-state index is 0.234. The summed E-state index contributed by atoms with van der Waals surface area (Å²) in [4.78, 5) is 8.77. The van der Waals surface area contributed by atoms with Gasteiger partial charge < -0.3 is 20.5 Å². The van der Waals surface area contributed by atoms with Crippen molar-refractivity contribution in [2.75, 3.05) is 26.8 Å². The Labute approximate surface area is 139 Å². The van der Waals surface area contributed by atoms with Crippen LogP contribution >= 0.6 is 0 Å². The predicted octanol–water partition coefficient (Wildman–Crippen LogP) is 1.94. The molecule has 1 aromatic rings. The van der Waals surface area contributed by atoms with Crippen LogP contribution in [0.2, 0.25) is 0 Å². The highest BCUT2D eigenvalue weighted by atomic mass is 16.5. The van der Waals surface area contributed by atoms with Crippen molar-refractivity contribution in [1.82, 2.24) is 15.6 Å². The van der Waals surface area contributed by atoms with Gasteiger partial charge in [-0.3, -0.25) is 0 Å². The zero-order valence-electron chi connectivity index (χ0n) is 14.5. The zero-order valence-corrected chi connectivity index (χ0v) is 14.5. The van der Waals surface area contributed by atoms with Crippen LogP contribution in [0.1, 0.15) is 38.7 Å². The third-order valence-corrected chi connectivity index (χ3v) is 3.56. The molecule has 0 aliphatic heterocycles. The van der Waals surface area contributed by atoms with Crippen LogP contribution < -0.4 is 15.4 Å². The molecule has 0 saturated heterocycles. The van der Waals surface area contributed by atoms with Crippen molar-refractivity contribution in [2.24, 2.45) is 10.9 Å². The molecule has 3 N–H and O–H groups in total. The number of aliphatic hydroxyl groups excluding tert-OH is 1. The molecule has 0 aliphatic carbocycles. The standard InChI is InChI=1S/C17H30N4O2/c1-4-6-14(9-10-22)11-20-17(18-5-2)21-13-15-7-8-16(23-3)19-12-15/h7-8,12,14,22H,4-6,9-11,13H2,1-3H3,(H2,18,20,21). The Hall–Kier alpha value is -1.82. The molecule has 0 amide bonds. The van der Waals surface area contributed by atoms with Gasteiger partial charge in [0.15, 0.2) is 5.96 Å². The van der Waals surface area contributed by atoms with Crippen LogP contribution in [0.3, 0.4) is 0 Å². The maximum Gasteiger partial charge on any atom is 0.212 e. The quantitative estimate of drug-likeness (QED) is 0.453. The number of aliphatic imine (C=N–C) groups is 1. The van der Waals surface area contributed by atoms with E-state index >= 15 is 0 Å². The van der Waals surface area contributed by atoms with E-state index in [2.05, 4.69) is 27.5 Å². The van der Waals surface area contributed by atoms with Gasteiger partial charge in [0.1, 0.15) is 0 Å². The number of aromatic nitrogens is 1. The van der Waals surface area contributed by atoms with Crippen molar-refractivity contribution in [3.8, 4) is 5.88 Å². The second kappa shape index (κ2) is 11.7. The fourth-order valence-electron chi connectivity index (χ4n) is 2.32. The van der Waals surface area contributed by atoms with E-state index in [4.69, 9.17) is 9.84 Å². The lowest BCUT2D eigenvalue weighted by atomic mass is 10.0. The van der Waals surface area contributed by atoms with Crippen molar-refractivity contribution >= 4 is 5.96 Å². The summed E-state index contributed by atoms with van der Waals surface area (Å²) in [7, 11) is 1.60. The molecule has 0 saturated carbocycles. The lowest BCUT2D eigenvalue weighted by Crippen LogP contribution is -2.40. The Kier molecular flexibility index (Phi) is 9.79. The van der Waals surface area contributed by atoms with Gasteiger partial charge >= 0.3 is 0 Å². The maximum atomic E-state index is 9.14. The molecule has 1 unspecified atom stereocenters. The molecule has 0 aliphatic rings. The number of hydrogen-bond donors (Lipinski definition) is 3. The summed E-state index contributed by atoms with van der Waals surface area (Å²) in [6.45, 7) is 6.64. The number of hydrogen-bond acceptors (Lipinski definition) is 4. The fraction of sp³-hybridized carbons (Fsp3) is 0.647. The van der Waals surface area contributed by atoms with Gasteiger partial charge in [-0.25, -0.2) is 9.98 Å². The monoisotopic (exact) mass is 322 g/mol. The van der Waals surface area contributed by atoms with E-state index in [0.717, 1.165) is 43.9 Å². The van der Waals surface area contributed by atoms with E-state index in [1.165, 1.54) is 0 Å². The number of guanidine groups is 1. The van der Waals surface area contributed by atoms with E-state index in [-0.39, 0.29) is 6.61 Å². The first-order valence-corrected chi connectivity index (χ1v) is 8.35. The molecule has 1 heterocycles. The Morgan fingerprint density at radius 1 is 1.30 bits per heavy atom. The van der Waals surface area contributed by atoms with Gasteiger partial charge in [-0.05, 0) is 31.2 Å². The molecule has 0 bridgehead atoms. The summed E-state index contributed by atoms with van der Waals surface area (Å²) in [5, 5.41) is 15.7. The zero-order chi connectivity index (χ0) is 16.9. The first-order valence-electron chi connectivity index (χ1n) is 8.35. The average Bonchev–Trinajstić information content (AvgIpc) is 2.58. The average molecular weight is 322 g/mol. The first-order chi connectivity index (χ1) is 11.2. The van der Waals surface area contributed by atoms with Crippen LogP contribution in [0.15, 0.2) is 23.3 Å². The first kappa shape index (κ1) is 19.2. The number of ether oxygens (including phenoxy) is 1. The van der Waals surface area contributed by atoms with Gasteiger partial charge in [0.25, 0.3) is 0 Å². The number of methoxy groups -OCH3 is 1. The van der Waals surface area contributed by atoms with E-state index in [9.17, 15) is 0 Å². The van der Waals surface area contributed by atoms with Crippen LogP contribution in [-0.4, -0.2) is 42.9 Å². The van der Waals surface area contributed by atoms with E-state index in [0.29, 0.717) is 18.3 Å². The summed E-state index contributed by atoms with van der Waals surface area (Å²) in [6.07, 6.45) is 4.83. The number of nitrogens with zero attached hydrogens (tertiary/aromatic N) is 2. The van der Waals surface area contributed by atoms with Gasteiger partial charge in [-0.15, -0.1) is 0 Å². The molecular weight excluding hydrogens is 292 g/mol. The van der Waals surface area contributed by atoms with Crippen molar-refractivity contribution in [3.63, 3.8) is 0 Å². The van der Waals surface area contributed by atoms with Crippen molar-refractivity contribution in [2.45, 2.75) is 39.7 Å². The van der Waals surface area contributed by atoms with Crippen LogP contribution in [-0.2, 0) is 6.54 Å². The highest BCUT2D eigenvalue weighted by molar-refractivity contribution is 5.79. The smallest absolute Gasteiger partial charge is 0.212 e. The second-order valence-electron chi connectivity index (χ2n) is 5.45. The van der Waals surface area contributed by atoms with Gasteiger partial charge in [-0.2, -0.15) is 0 Å². The normalized spacial score (nSPS) is 12.8. The third-order valence-electron chi connectivity index (χ3n) is 3.56. The second-order valence-corrected chi connectivity index (χ2v) is 5.45. The van der Waals surface area contributed by atoms with Gasteiger partial charge in [0, 0.05) is 32.0 Å². The molecule has 6 nitrogen and oxygen atoms in total. The van der Waals surface area contributed by atoms with Crippen molar-refractivity contribution in [1.29, 1.82) is 0 Å². The molecule has 1 rings (SSSR count). The lowest BCUT2D eigenvalue weighted by molar-refractivity contribution is 0.251. The largest absolute Gasteiger partial charge is 0.481 e. The lowest BCUT2D eigenvalue weighted by Gasteiger charge is -2.18. The summed E-state index contributed by atoms with van der Waals surface area (Å²) in [5.74, 6) is 1.87. The van der Waals surface area contributed by atoms with Gasteiger partial charge in [-0.1, -0.05) is 19.4 Å². The number of pyridine rings is 1. The third kappa shape index (κ3) is 7.83. The molecule has 0 radical (unpaired) electrons. The van der Waals surface area contributed by atoms with Crippen LogP contribution in [0.5, 0.6) is 5.88 Å². The summed E-state index contributed by atoms with van der Waals surface area (Å²) in [5.41, 5.74) is 1.03. The van der Waals surface area contributed by atoms with E-state index < -0.39 is 0 Å². The fourth-order valence-corrected chi connectivity index (χ4v) is 2.32. The molecule has 1 aromatic heterocycles. The Morgan fingerprint density at radius 3 is 2.70 bits per heavy atom. The van der Waals surface area contributed by atoms with Gasteiger partial charge in [0.05, 0.1) is 13.7 Å². The Balaban J connectivity index is 2.57. The van der Waals surface area contributed by atoms with Crippen LogP contribution in [0.4, 0.5) is 0 Å². The van der Waals surface area contributed by atoms with Crippen molar-refractivity contribution < 1.29 is 9.84 Å². The molecule has 130 valence electrons. The van der Waals surface area contributed by atoms with E-state index in [1.54, 1.807) is 13.3 Å². The molecule has 0 fully saturated rings. The molecule has 6 heteroatoms. The summed E-state index contributed by atoms with van der Waals surface area (Å²) in [6, 6.07) is 3.80. The number of rotatable bonds is 10. The Bertz CT molecular complexity index is 442. The molecule has 0 spiro atoms. The minimum Gasteiger partial charge on any atom is -0.481 e. The molecule has 23 heavy (non-hydrogen) atoms. The minimum absolute atomic E-state index is 0.234. The van der Waals surface area contributed by atoms with Crippen LogP contribution in [0.25, 0.3) is 0 Å². The highest BCUT2D eigenvalue weighted by Crippen LogP contribution is 2.10. The number of nitrogens with one attached hydrogen (secondary N) is 2. The van der Waals surface area contributed by atoms with Gasteiger partial charge in [0.2, 0.25) is 5.88 Å². The molecule has 1 atom stereocenters. The summed E-state index contributed by atoms with van der Waals surface area (Å²) < 4.78 is 5.05.